The molecule has 0 aliphatic carbocycles. The van der Waals surface area contributed by atoms with Gasteiger partial charge in [0.15, 0.2) is 11.6 Å². The maximum absolute atomic E-state index is 12.6. The lowest BCUT2D eigenvalue weighted by Gasteiger charge is -2.19. The van der Waals surface area contributed by atoms with E-state index in [4.69, 9.17) is 21.1 Å². The number of carboxylic acid groups (broad SMARTS) is 1. The molecule has 0 saturated heterocycles. The monoisotopic (exact) mass is 450 g/mol. The number of nitrogens with two attached hydrogens (primary N) is 2. The molecule has 0 fully saturated rings. The van der Waals surface area contributed by atoms with E-state index < -0.39 is 30.1 Å². The molecule has 13 nitrogen and oxygen atoms in total. The average Bonchev–Trinajstić information content (AvgIpc) is 3.42. The number of Topliss-reactive ketones (excluding diaryl/α,β-unsaturated/α-hetero) is 1. The van der Waals surface area contributed by atoms with Crippen LogP contribution in [0.15, 0.2) is 17.0 Å². The molecule has 8 N–H and O–H groups in total. The van der Waals surface area contributed by atoms with Crippen LogP contribution in [0.5, 0.6) is 0 Å². The Morgan fingerprint density at radius 3 is 2.66 bits per heavy atom. The third kappa shape index (κ3) is 8.07. The summed E-state index contributed by atoms with van der Waals surface area (Å²) in [5.74, 6) is -0.990. The van der Waals surface area contributed by atoms with E-state index in [0.717, 1.165) is 12.8 Å². The molecule has 0 aliphatic rings. The molecule has 2 amide bonds. The van der Waals surface area contributed by atoms with Crippen LogP contribution in [0, 0.1) is 0 Å². The number of aromatic amines is 1. The first kappa shape index (κ1) is 24.9. The lowest BCUT2D eigenvalue weighted by molar-refractivity contribution is -0.137. The second-order valence-electron chi connectivity index (χ2n) is 7.43. The van der Waals surface area contributed by atoms with Crippen molar-refractivity contribution in [3.8, 4) is 0 Å². The van der Waals surface area contributed by atoms with E-state index in [2.05, 4.69) is 30.7 Å². The number of nitrogens with zero attached hydrogens (tertiary/aromatic N) is 3. The number of carboxylic acids is 1. The second-order valence-corrected chi connectivity index (χ2v) is 7.43. The van der Waals surface area contributed by atoms with Gasteiger partial charge in [-0.15, -0.1) is 0 Å². The smallest absolute Gasteiger partial charge is 0.316 e. The summed E-state index contributed by atoms with van der Waals surface area (Å²) in [4.78, 5) is 46.6. The number of urea groups is 1. The fourth-order valence-corrected chi connectivity index (χ4v) is 2.97. The van der Waals surface area contributed by atoms with Gasteiger partial charge in [0, 0.05) is 24.7 Å². The van der Waals surface area contributed by atoms with Gasteiger partial charge in [-0.2, -0.15) is 4.98 Å². The minimum absolute atomic E-state index is 0.0120. The summed E-state index contributed by atoms with van der Waals surface area (Å²) in [6.07, 6.45) is 5.26. The normalized spacial score (nSPS) is 13.8. The van der Waals surface area contributed by atoms with Crippen molar-refractivity contribution in [2.75, 3.05) is 6.54 Å². The van der Waals surface area contributed by atoms with E-state index in [0.29, 0.717) is 18.7 Å². The molecule has 0 saturated carbocycles. The highest BCUT2D eigenvalue weighted by Gasteiger charge is 2.26. The van der Waals surface area contributed by atoms with Crippen LogP contribution in [-0.2, 0) is 16.0 Å². The Kier molecular flexibility index (Phi) is 9.76. The molecule has 3 atom stereocenters. The van der Waals surface area contributed by atoms with Crippen molar-refractivity contribution in [1.29, 1.82) is 0 Å². The van der Waals surface area contributed by atoms with E-state index in [-0.39, 0.29) is 36.8 Å². The highest BCUT2D eigenvalue weighted by Crippen LogP contribution is 2.20. The molecule has 2 aromatic heterocycles. The van der Waals surface area contributed by atoms with Gasteiger partial charge < -0.3 is 36.7 Å². The number of imidazole rings is 1. The van der Waals surface area contributed by atoms with Gasteiger partial charge in [-0.05, 0) is 32.7 Å². The fourth-order valence-electron chi connectivity index (χ4n) is 2.97. The Morgan fingerprint density at radius 2 is 2.03 bits per heavy atom. The molecular weight excluding hydrogens is 420 g/mol. The molecule has 0 aromatic carbocycles. The van der Waals surface area contributed by atoms with Crippen LogP contribution in [0.1, 0.15) is 68.5 Å². The van der Waals surface area contributed by atoms with Gasteiger partial charge in [-0.25, -0.2) is 9.78 Å². The molecular formula is C19H30N8O5. The minimum atomic E-state index is -1.05. The maximum atomic E-state index is 12.6. The Hall–Kier alpha value is -3.32. The number of hydrogen-bond acceptors (Lipinski definition) is 9. The Labute approximate surface area is 184 Å². The van der Waals surface area contributed by atoms with Gasteiger partial charge in [-0.3, -0.25) is 9.59 Å². The predicted molar refractivity (Wildman–Crippen MR) is 112 cm³/mol. The highest BCUT2D eigenvalue weighted by molar-refractivity contribution is 5.87. The summed E-state index contributed by atoms with van der Waals surface area (Å²) in [7, 11) is 0. The quantitative estimate of drug-likeness (QED) is 0.217. The summed E-state index contributed by atoms with van der Waals surface area (Å²) in [6.45, 7) is 1.92. The first-order chi connectivity index (χ1) is 15.3. The number of carbonyl (C=O) groups excluding carboxylic acids is 2. The maximum Gasteiger partial charge on any atom is 0.316 e. The van der Waals surface area contributed by atoms with Crippen molar-refractivity contribution in [3.63, 3.8) is 0 Å². The molecule has 0 radical (unpaired) electrons. The summed E-state index contributed by atoms with van der Waals surface area (Å²) in [6, 6.07) is -2.82. The molecule has 32 heavy (non-hydrogen) atoms. The third-order valence-electron chi connectivity index (χ3n) is 4.78. The lowest BCUT2D eigenvalue weighted by atomic mass is 10.1. The van der Waals surface area contributed by atoms with E-state index in [1.807, 2.05) is 0 Å². The number of hydrogen-bond donors (Lipinski definition) is 6. The highest BCUT2D eigenvalue weighted by atomic mass is 16.5. The minimum Gasteiger partial charge on any atom is -0.481 e. The number of nitrogens with one attached hydrogen (secondary N) is 3. The van der Waals surface area contributed by atoms with Crippen LogP contribution in [-0.4, -0.2) is 55.6 Å². The van der Waals surface area contributed by atoms with Gasteiger partial charge in [0.25, 0.3) is 0 Å². The zero-order chi connectivity index (χ0) is 23.5. The number of ketones is 1. The van der Waals surface area contributed by atoms with Crippen molar-refractivity contribution >= 4 is 17.8 Å². The standard InChI is InChI=1S/C19H30N8O5/c1-11(28)15(8-12-9-22-10-23-12)25-19(31)24-14(5-6-16(29)30)18-26-17(27-32-18)13(21)4-2-3-7-20/h9-10,13-15H,2-8,20-21H2,1H3,(H,22,23)(H,29,30)(H2,24,25,31)/t13-,14-,15-/m0/s1. The predicted octanol–water partition coefficient (Wildman–Crippen LogP) is 0.327. The Bertz CT molecular complexity index is 869. The molecule has 0 bridgehead atoms. The zero-order valence-electron chi connectivity index (χ0n) is 17.9. The lowest BCUT2D eigenvalue weighted by Crippen LogP contribution is -2.47. The second kappa shape index (κ2) is 12.5. The van der Waals surface area contributed by atoms with Gasteiger partial charge in [0.05, 0.1) is 18.4 Å². The molecule has 176 valence electrons. The molecule has 0 aliphatic heterocycles. The molecule has 0 spiro atoms. The van der Waals surface area contributed by atoms with E-state index in [9.17, 15) is 14.4 Å². The number of aliphatic carboxylic acids is 1. The Morgan fingerprint density at radius 1 is 1.25 bits per heavy atom. The van der Waals surface area contributed by atoms with Crippen molar-refractivity contribution in [2.45, 2.75) is 63.6 Å². The fraction of sp³-hybridized carbons (Fsp3) is 0.579. The van der Waals surface area contributed by atoms with Crippen LogP contribution in [0.4, 0.5) is 4.79 Å². The topological polar surface area (TPSA) is 215 Å². The third-order valence-corrected chi connectivity index (χ3v) is 4.78. The van der Waals surface area contributed by atoms with Gasteiger partial charge in [-0.1, -0.05) is 11.6 Å². The average molecular weight is 451 g/mol. The zero-order valence-corrected chi connectivity index (χ0v) is 17.9. The summed E-state index contributed by atoms with van der Waals surface area (Å²) < 4.78 is 5.24. The largest absolute Gasteiger partial charge is 0.481 e. The van der Waals surface area contributed by atoms with Gasteiger partial charge in [0.2, 0.25) is 5.89 Å². The van der Waals surface area contributed by atoms with Gasteiger partial charge in [0.1, 0.15) is 6.04 Å². The molecule has 0 unspecified atom stereocenters. The number of H-pyrrole nitrogens is 1. The molecule has 13 heteroatoms. The van der Waals surface area contributed by atoms with Crippen LogP contribution >= 0.6 is 0 Å². The van der Waals surface area contributed by atoms with Crippen molar-refractivity contribution in [3.05, 3.63) is 29.9 Å². The summed E-state index contributed by atoms with van der Waals surface area (Å²) in [5, 5.41) is 18.1. The van der Waals surface area contributed by atoms with Crippen LogP contribution in [0.3, 0.4) is 0 Å². The first-order valence-corrected chi connectivity index (χ1v) is 10.4. The number of rotatable bonds is 14. The molecule has 2 heterocycles. The number of unbranched alkanes of at least 4 members (excludes halogenated alkanes) is 1. The van der Waals surface area contributed by atoms with Crippen LogP contribution in [0.25, 0.3) is 0 Å². The van der Waals surface area contributed by atoms with E-state index in [1.165, 1.54) is 13.3 Å². The molecule has 2 aromatic rings. The van der Waals surface area contributed by atoms with E-state index >= 15 is 0 Å². The van der Waals surface area contributed by atoms with Crippen molar-refractivity contribution in [2.24, 2.45) is 11.5 Å². The van der Waals surface area contributed by atoms with Gasteiger partial charge >= 0.3 is 12.0 Å². The SMILES string of the molecule is CC(=O)[C@H](Cc1cnc[nH]1)NC(=O)N[C@@H](CCC(=O)O)c1nc([C@@H](N)CCCCN)no1. The van der Waals surface area contributed by atoms with Crippen LogP contribution in [0.2, 0.25) is 0 Å². The number of aromatic nitrogens is 4. The van der Waals surface area contributed by atoms with Crippen molar-refractivity contribution < 1.29 is 24.0 Å². The molecule has 2 rings (SSSR count). The Balaban J connectivity index is 2.05. The van der Waals surface area contributed by atoms with Crippen LogP contribution < -0.4 is 22.1 Å². The van der Waals surface area contributed by atoms with E-state index in [1.54, 1.807) is 6.20 Å². The summed E-state index contributed by atoms with van der Waals surface area (Å²) >= 11 is 0. The number of carbonyl (C=O) groups is 3. The number of amides is 2. The first-order valence-electron chi connectivity index (χ1n) is 10.4. The summed E-state index contributed by atoms with van der Waals surface area (Å²) in [5.41, 5.74) is 12.2. The van der Waals surface area contributed by atoms with Crippen molar-refractivity contribution in [1.82, 2.24) is 30.7 Å².